The monoisotopic (exact) mass is 177 g/mol. The summed E-state index contributed by atoms with van der Waals surface area (Å²) in [5, 5.41) is 21.0. The van der Waals surface area contributed by atoms with Crippen molar-refractivity contribution in [1.29, 1.82) is 0 Å². The molecule has 0 saturated carbocycles. The lowest BCUT2D eigenvalue weighted by molar-refractivity contribution is 0.177. The van der Waals surface area contributed by atoms with Crippen molar-refractivity contribution in [2.45, 2.75) is 6.08 Å². The van der Waals surface area contributed by atoms with Crippen molar-refractivity contribution in [3.63, 3.8) is 0 Å². The van der Waals surface area contributed by atoms with Crippen LogP contribution < -0.4 is 5.32 Å². The third kappa shape index (κ3) is 2.22. The molecule has 1 rings (SSSR count). The number of hydrogen-bond donors (Lipinski definition) is 3. The van der Waals surface area contributed by atoms with Gasteiger partial charge in [0.2, 0.25) is 0 Å². The first kappa shape index (κ1) is 2.47. The van der Waals surface area contributed by atoms with Crippen LogP contribution in [-0.2, 0) is 0 Å². The SMILES string of the molecule is [2H]c1c([2H])c(O)c([2H])c(C([2H])(O)C([2H])([2H])NC([2H])([2H])[2H])c1[2H]. The molecule has 1 unspecified atom stereocenters. The summed E-state index contributed by atoms with van der Waals surface area (Å²) in [6, 6.07) is -3.95. The molecular formula is C9H13NO2. The smallest absolute Gasteiger partial charge is 0.115 e. The average Bonchev–Trinajstić information content (AvgIpc) is 2.30. The molecule has 1 atom stereocenters. The van der Waals surface area contributed by atoms with E-state index in [1.807, 2.05) is 0 Å². The Bertz CT molecular complexity index is 568. The highest BCUT2D eigenvalue weighted by atomic mass is 16.3. The predicted octanol–water partition coefficient (Wildman–Crippen LogP) is 0.645. The zero-order valence-corrected chi connectivity index (χ0v) is 5.89. The second-order valence-corrected chi connectivity index (χ2v) is 1.82. The number of aliphatic hydroxyl groups is 1. The summed E-state index contributed by atoms with van der Waals surface area (Å²) in [5.74, 6) is -1.12. The maximum Gasteiger partial charge on any atom is 0.115 e. The minimum atomic E-state index is -3.48. The van der Waals surface area contributed by atoms with Gasteiger partial charge in [-0.05, 0) is 24.6 Å². The fraction of sp³-hybridized carbons (Fsp3) is 0.333. The summed E-state index contributed by atoms with van der Waals surface area (Å²) in [7, 11) is 0. The first-order valence-electron chi connectivity index (χ1n) is 7.95. The van der Waals surface area contributed by atoms with Crippen LogP contribution in [-0.4, -0.2) is 23.7 Å². The highest BCUT2D eigenvalue weighted by Gasteiger charge is 2.05. The fourth-order valence-corrected chi connectivity index (χ4v) is 0.574. The zero-order chi connectivity index (χ0) is 17.7. The van der Waals surface area contributed by atoms with Gasteiger partial charge in [-0.1, -0.05) is 12.1 Å². The Morgan fingerprint density at radius 2 is 2.75 bits per heavy atom. The van der Waals surface area contributed by atoms with Gasteiger partial charge in [0.15, 0.2) is 0 Å². The van der Waals surface area contributed by atoms with Gasteiger partial charge in [0.05, 0.1) is 12.9 Å². The molecule has 0 aromatic heterocycles. The third-order valence-electron chi connectivity index (χ3n) is 1.03. The van der Waals surface area contributed by atoms with Crippen LogP contribution in [0.3, 0.4) is 0 Å². The maximum absolute atomic E-state index is 10.1. The van der Waals surface area contributed by atoms with E-state index in [9.17, 15) is 10.2 Å². The van der Waals surface area contributed by atoms with Crippen LogP contribution in [0.4, 0.5) is 0 Å². The molecule has 0 heterocycles. The largest absolute Gasteiger partial charge is 0.508 e. The summed E-state index contributed by atoms with van der Waals surface area (Å²) in [5.41, 5.74) is -1.12. The van der Waals surface area contributed by atoms with Crippen LogP contribution in [0, 0.1) is 0 Å². The second-order valence-electron chi connectivity index (χ2n) is 1.82. The van der Waals surface area contributed by atoms with Crippen molar-refractivity contribution in [2.75, 3.05) is 13.5 Å². The molecule has 0 aliphatic heterocycles. The van der Waals surface area contributed by atoms with Crippen LogP contribution in [0.5, 0.6) is 5.75 Å². The molecule has 0 bridgehead atoms. The number of rotatable bonds is 3. The molecule has 1 aromatic carbocycles. The van der Waals surface area contributed by atoms with E-state index < -0.39 is 55.0 Å². The third-order valence-corrected chi connectivity index (χ3v) is 1.03. The summed E-state index contributed by atoms with van der Waals surface area (Å²) in [4.78, 5) is 0. The first-order valence-corrected chi connectivity index (χ1v) is 2.95. The molecule has 12 heavy (non-hydrogen) atoms. The molecule has 1 aromatic rings. The van der Waals surface area contributed by atoms with E-state index in [1.165, 1.54) is 5.32 Å². The van der Waals surface area contributed by atoms with Crippen molar-refractivity contribution in [1.82, 2.24) is 5.32 Å². The lowest BCUT2D eigenvalue weighted by Gasteiger charge is -2.09. The number of hydrogen-bond acceptors (Lipinski definition) is 3. The van der Waals surface area contributed by atoms with Crippen LogP contribution in [0.1, 0.15) is 25.4 Å². The van der Waals surface area contributed by atoms with Gasteiger partial charge in [-0.15, -0.1) is 0 Å². The molecule has 3 heteroatoms. The van der Waals surface area contributed by atoms with Crippen molar-refractivity contribution >= 4 is 0 Å². The number of phenolic OH excluding ortho intramolecular Hbond substituents is 1. The molecule has 0 spiro atoms. The number of phenols is 1. The minimum Gasteiger partial charge on any atom is -0.508 e. The van der Waals surface area contributed by atoms with E-state index in [-0.39, 0.29) is 0 Å². The first-order chi connectivity index (χ1) is 9.63. The summed E-state index contributed by atoms with van der Waals surface area (Å²) >= 11 is 0. The minimum absolute atomic E-state index is 0.890. The zero-order valence-electron chi connectivity index (χ0n) is 15.9. The van der Waals surface area contributed by atoms with Crippen LogP contribution in [0.15, 0.2) is 24.2 Å². The molecule has 0 amide bonds. The van der Waals surface area contributed by atoms with E-state index in [2.05, 4.69) is 0 Å². The number of aromatic hydroxyl groups is 1. The van der Waals surface area contributed by atoms with E-state index >= 15 is 0 Å². The highest BCUT2D eigenvalue weighted by molar-refractivity contribution is 5.28. The van der Waals surface area contributed by atoms with Gasteiger partial charge < -0.3 is 15.5 Å². The summed E-state index contributed by atoms with van der Waals surface area (Å²) in [6.07, 6.45) is -3.48. The lowest BCUT2D eigenvalue weighted by atomic mass is 10.1. The van der Waals surface area contributed by atoms with E-state index in [1.54, 1.807) is 0 Å². The van der Waals surface area contributed by atoms with Crippen molar-refractivity contribution in [2.24, 2.45) is 0 Å². The fourth-order valence-electron chi connectivity index (χ4n) is 0.574. The summed E-state index contributed by atoms with van der Waals surface area (Å²) < 4.78 is 73.4. The van der Waals surface area contributed by atoms with E-state index in [0.29, 0.717) is 0 Å². The van der Waals surface area contributed by atoms with Gasteiger partial charge in [-0.2, -0.15) is 0 Å². The summed E-state index contributed by atoms with van der Waals surface area (Å²) in [6.45, 7) is -6.42. The van der Waals surface area contributed by atoms with Gasteiger partial charge in [-0.3, -0.25) is 0 Å². The van der Waals surface area contributed by atoms with E-state index in [0.717, 1.165) is 0 Å². The predicted molar refractivity (Wildman–Crippen MR) is 47.0 cm³/mol. The Morgan fingerprint density at radius 1 is 1.92 bits per heavy atom. The number of likely N-dealkylation sites (N-methyl/N-ethyl adjacent to an activating group) is 1. The Labute approximate surface area is 85.7 Å². The molecule has 0 aliphatic carbocycles. The quantitative estimate of drug-likeness (QED) is 0.635. The molecule has 0 fully saturated rings. The van der Waals surface area contributed by atoms with Crippen LogP contribution >= 0.6 is 0 Å². The number of benzene rings is 1. The molecule has 0 radical (unpaired) electrons. The second kappa shape index (κ2) is 4.09. The Morgan fingerprint density at radius 3 is 3.50 bits per heavy atom. The standard InChI is InChI=1S/C9H13NO2/c1-10-6-9(12)7-3-2-4-8(11)5-7/h2-5,9-12H,6H2,1H3/i1D3,2D,3D,4D,5D,6D2,9D. The number of nitrogens with one attached hydrogen (secondary N) is 1. The van der Waals surface area contributed by atoms with Gasteiger partial charge >= 0.3 is 0 Å². The maximum atomic E-state index is 10.1. The van der Waals surface area contributed by atoms with Gasteiger partial charge in [0.1, 0.15) is 5.75 Å². The van der Waals surface area contributed by atoms with Gasteiger partial charge in [-0.25, -0.2) is 0 Å². The highest BCUT2D eigenvalue weighted by Crippen LogP contribution is 2.17. The van der Waals surface area contributed by atoms with E-state index in [4.69, 9.17) is 13.7 Å². The Kier molecular flexibility index (Phi) is 0.840. The molecule has 0 saturated heterocycles. The van der Waals surface area contributed by atoms with Gasteiger partial charge in [0, 0.05) is 13.4 Å². The Hall–Kier alpha value is -1.06. The lowest BCUT2D eigenvalue weighted by Crippen LogP contribution is -2.16. The van der Waals surface area contributed by atoms with Gasteiger partial charge in [0.25, 0.3) is 0 Å². The molecule has 3 N–H and O–H groups in total. The van der Waals surface area contributed by atoms with Crippen molar-refractivity contribution < 1.29 is 23.9 Å². The Balaban J connectivity index is 3.60. The topological polar surface area (TPSA) is 52.5 Å². The van der Waals surface area contributed by atoms with Crippen LogP contribution in [0.25, 0.3) is 0 Å². The molecule has 3 nitrogen and oxygen atoms in total. The van der Waals surface area contributed by atoms with Crippen molar-refractivity contribution in [3.05, 3.63) is 29.7 Å². The average molecular weight is 177 g/mol. The molecule has 0 aliphatic rings. The molecule has 66 valence electrons. The molecular weight excluding hydrogens is 154 g/mol. The van der Waals surface area contributed by atoms with Crippen LogP contribution in [0.2, 0.25) is 0 Å². The normalized spacial score (nSPS) is 29.8. The van der Waals surface area contributed by atoms with Crippen molar-refractivity contribution in [3.8, 4) is 5.75 Å².